The first-order valence-electron chi connectivity index (χ1n) is 7.27. The fraction of sp³-hybridized carbons (Fsp3) is 0.176. The van der Waals surface area contributed by atoms with Crippen LogP contribution in [0.15, 0.2) is 46.9 Å². The van der Waals surface area contributed by atoms with Crippen molar-refractivity contribution in [3.63, 3.8) is 0 Å². The van der Waals surface area contributed by atoms with Crippen molar-refractivity contribution in [3.05, 3.63) is 52.0 Å². The predicted octanol–water partition coefficient (Wildman–Crippen LogP) is 3.66. The maximum atomic E-state index is 12.1. The molecule has 23 heavy (non-hydrogen) atoms. The van der Waals surface area contributed by atoms with Gasteiger partial charge in [0.05, 0.1) is 11.4 Å². The quantitative estimate of drug-likeness (QED) is 0.605. The van der Waals surface area contributed by atoms with Gasteiger partial charge in [-0.1, -0.05) is 12.1 Å². The van der Waals surface area contributed by atoms with Gasteiger partial charge in [-0.2, -0.15) is 0 Å². The summed E-state index contributed by atoms with van der Waals surface area (Å²) in [5.41, 5.74) is 1.37. The van der Waals surface area contributed by atoms with Crippen LogP contribution < -0.4 is 10.2 Å². The number of furan rings is 1. The number of carbonyl (C=O) groups is 2. The van der Waals surface area contributed by atoms with Crippen LogP contribution in [0.4, 0.5) is 11.4 Å². The van der Waals surface area contributed by atoms with Crippen LogP contribution >= 0.6 is 22.6 Å². The van der Waals surface area contributed by atoms with Crippen LogP contribution in [-0.2, 0) is 9.59 Å². The van der Waals surface area contributed by atoms with Gasteiger partial charge in [0.25, 0.3) is 0 Å². The Morgan fingerprint density at radius 3 is 2.78 bits per heavy atom. The summed E-state index contributed by atoms with van der Waals surface area (Å²) in [4.78, 5) is 25.7. The summed E-state index contributed by atoms with van der Waals surface area (Å²) in [6.45, 7) is 0.687. The highest BCUT2D eigenvalue weighted by Gasteiger charge is 2.23. The summed E-state index contributed by atoms with van der Waals surface area (Å²) in [5, 5.41) is 2.82. The molecule has 1 fully saturated rings. The lowest BCUT2D eigenvalue weighted by molar-refractivity contribution is -0.117. The molecule has 2 heterocycles. The number of nitrogens with one attached hydrogen (secondary N) is 1. The van der Waals surface area contributed by atoms with Gasteiger partial charge in [0, 0.05) is 19.0 Å². The third kappa shape index (κ3) is 3.82. The van der Waals surface area contributed by atoms with E-state index in [9.17, 15) is 9.59 Å². The molecule has 0 bridgehead atoms. The normalized spacial score (nSPS) is 14.7. The predicted molar refractivity (Wildman–Crippen MR) is 97.1 cm³/mol. The molecule has 1 aromatic carbocycles. The van der Waals surface area contributed by atoms with Gasteiger partial charge in [0.1, 0.15) is 5.76 Å². The van der Waals surface area contributed by atoms with E-state index in [0.29, 0.717) is 24.4 Å². The summed E-state index contributed by atoms with van der Waals surface area (Å²) in [5.74, 6) is 0.440. The van der Waals surface area contributed by atoms with Gasteiger partial charge in [0.15, 0.2) is 3.77 Å². The molecule has 118 valence electrons. The Labute approximate surface area is 147 Å². The van der Waals surface area contributed by atoms with Gasteiger partial charge in [-0.3, -0.25) is 9.59 Å². The van der Waals surface area contributed by atoms with Gasteiger partial charge < -0.3 is 14.6 Å². The number of carbonyl (C=O) groups excluding carboxylic acids is 2. The molecule has 0 radical (unpaired) electrons. The number of benzene rings is 1. The number of para-hydroxylation sites is 2. The molecule has 0 unspecified atom stereocenters. The highest BCUT2D eigenvalue weighted by molar-refractivity contribution is 14.1. The van der Waals surface area contributed by atoms with Crippen LogP contribution in [0.1, 0.15) is 18.6 Å². The van der Waals surface area contributed by atoms with E-state index in [4.69, 9.17) is 4.42 Å². The largest absolute Gasteiger partial charge is 0.451 e. The first-order chi connectivity index (χ1) is 11.1. The number of rotatable bonds is 4. The van der Waals surface area contributed by atoms with Crippen molar-refractivity contribution >= 4 is 51.9 Å². The molecule has 1 saturated heterocycles. The highest BCUT2D eigenvalue weighted by atomic mass is 127. The van der Waals surface area contributed by atoms with E-state index in [1.165, 1.54) is 6.08 Å². The Morgan fingerprint density at radius 1 is 1.26 bits per heavy atom. The SMILES string of the molecule is O=C(/C=C/c1ccc(I)o1)Nc1ccccc1N1CCCC1=O. The van der Waals surface area contributed by atoms with Crippen LogP contribution in [0.2, 0.25) is 0 Å². The van der Waals surface area contributed by atoms with Crippen LogP contribution in [-0.4, -0.2) is 18.4 Å². The van der Waals surface area contributed by atoms with E-state index in [2.05, 4.69) is 27.9 Å². The van der Waals surface area contributed by atoms with Crippen molar-refractivity contribution in [1.82, 2.24) is 0 Å². The van der Waals surface area contributed by atoms with E-state index >= 15 is 0 Å². The fourth-order valence-electron chi connectivity index (χ4n) is 2.47. The third-order valence-corrected chi connectivity index (χ3v) is 4.10. The van der Waals surface area contributed by atoms with E-state index in [-0.39, 0.29) is 11.8 Å². The Bertz CT molecular complexity index is 767. The first kappa shape index (κ1) is 15.8. The lowest BCUT2D eigenvalue weighted by Gasteiger charge is -2.19. The van der Waals surface area contributed by atoms with Crippen molar-refractivity contribution < 1.29 is 14.0 Å². The molecule has 2 amide bonds. The summed E-state index contributed by atoms with van der Waals surface area (Å²) in [7, 11) is 0. The van der Waals surface area contributed by atoms with Crippen LogP contribution in [0.3, 0.4) is 0 Å². The lowest BCUT2D eigenvalue weighted by Crippen LogP contribution is -2.25. The Hall–Kier alpha value is -2.09. The Morgan fingerprint density at radius 2 is 2.09 bits per heavy atom. The number of nitrogens with zero attached hydrogens (tertiary/aromatic N) is 1. The number of halogens is 1. The summed E-state index contributed by atoms with van der Waals surface area (Å²) in [6.07, 6.45) is 4.43. The molecule has 5 nitrogen and oxygen atoms in total. The van der Waals surface area contributed by atoms with E-state index in [0.717, 1.165) is 15.9 Å². The molecule has 1 aliphatic rings. The van der Waals surface area contributed by atoms with Crippen LogP contribution in [0.5, 0.6) is 0 Å². The average Bonchev–Trinajstić information content (AvgIpc) is 3.14. The van der Waals surface area contributed by atoms with Gasteiger partial charge in [-0.25, -0.2) is 0 Å². The second-order valence-corrected chi connectivity index (χ2v) is 6.19. The number of anilines is 2. The van der Waals surface area contributed by atoms with Crippen molar-refractivity contribution in [1.29, 1.82) is 0 Å². The molecular weight excluding hydrogens is 407 g/mol. The standard InChI is InChI=1S/C17H15IN2O3/c18-15-9-7-12(23-15)8-10-16(21)19-13-4-1-2-5-14(13)20-11-3-6-17(20)22/h1-2,4-5,7-10H,3,6,11H2,(H,19,21)/b10-8+. The summed E-state index contributed by atoms with van der Waals surface area (Å²) < 4.78 is 6.13. The minimum atomic E-state index is -0.268. The smallest absolute Gasteiger partial charge is 0.248 e. The second kappa shape index (κ2) is 6.99. The monoisotopic (exact) mass is 422 g/mol. The molecule has 0 aliphatic carbocycles. The maximum Gasteiger partial charge on any atom is 0.248 e. The van der Waals surface area contributed by atoms with E-state index < -0.39 is 0 Å². The van der Waals surface area contributed by atoms with Crippen molar-refractivity contribution in [2.45, 2.75) is 12.8 Å². The molecule has 1 N–H and O–H groups in total. The van der Waals surface area contributed by atoms with Crippen LogP contribution in [0.25, 0.3) is 6.08 Å². The van der Waals surface area contributed by atoms with E-state index in [1.807, 2.05) is 24.3 Å². The van der Waals surface area contributed by atoms with Crippen molar-refractivity contribution in [2.24, 2.45) is 0 Å². The molecule has 2 aromatic rings. The first-order valence-corrected chi connectivity index (χ1v) is 8.35. The lowest BCUT2D eigenvalue weighted by atomic mass is 10.2. The van der Waals surface area contributed by atoms with Gasteiger partial charge in [0.2, 0.25) is 11.8 Å². The molecule has 0 atom stereocenters. The molecule has 3 rings (SSSR count). The van der Waals surface area contributed by atoms with Gasteiger partial charge in [-0.05, 0) is 59.4 Å². The third-order valence-electron chi connectivity index (χ3n) is 3.52. The molecular formula is C17H15IN2O3. The van der Waals surface area contributed by atoms with Gasteiger partial charge >= 0.3 is 0 Å². The zero-order chi connectivity index (χ0) is 16.2. The molecule has 0 saturated carbocycles. The average molecular weight is 422 g/mol. The van der Waals surface area contributed by atoms with Crippen LogP contribution in [0, 0.1) is 3.77 Å². The minimum Gasteiger partial charge on any atom is -0.451 e. The highest BCUT2D eigenvalue weighted by Crippen LogP contribution is 2.29. The molecule has 6 heteroatoms. The molecule has 0 spiro atoms. The topological polar surface area (TPSA) is 62.6 Å². The second-order valence-electron chi connectivity index (χ2n) is 5.13. The summed E-state index contributed by atoms with van der Waals surface area (Å²) in [6, 6.07) is 10.9. The van der Waals surface area contributed by atoms with Crippen molar-refractivity contribution in [2.75, 3.05) is 16.8 Å². The maximum absolute atomic E-state index is 12.1. The minimum absolute atomic E-state index is 0.0902. The Balaban J connectivity index is 1.73. The molecule has 1 aliphatic heterocycles. The van der Waals surface area contributed by atoms with Gasteiger partial charge in [-0.15, -0.1) is 0 Å². The van der Waals surface area contributed by atoms with E-state index in [1.54, 1.807) is 23.1 Å². The number of hydrogen-bond donors (Lipinski definition) is 1. The number of hydrogen-bond acceptors (Lipinski definition) is 3. The number of amides is 2. The Kier molecular flexibility index (Phi) is 4.80. The summed E-state index contributed by atoms with van der Waals surface area (Å²) >= 11 is 2.07. The zero-order valence-corrected chi connectivity index (χ0v) is 14.4. The van der Waals surface area contributed by atoms with Crippen molar-refractivity contribution in [3.8, 4) is 0 Å². The fourth-order valence-corrected chi connectivity index (χ4v) is 2.90. The zero-order valence-electron chi connectivity index (χ0n) is 12.3. The molecule has 1 aromatic heterocycles.